The van der Waals surface area contributed by atoms with Crippen LogP contribution in [0.15, 0.2) is 18.2 Å². The third kappa shape index (κ3) is 3.62. The van der Waals surface area contributed by atoms with Gasteiger partial charge in [0.15, 0.2) is 0 Å². The minimum Gasteiger partial charge on any atom is -0.496 e. The first-order valence-corrected chi connectivity index (χ1v) is 5.33. The molecule has 0 saturated carbocycles. The van der Waals surface area contributed by atoms with Crippen LogP contribution in [0.1, 0.15) is 5.56 Å². The first-order valence-electron chi connectivity index (χ1n) is 4.95. The summed E-state index contributed by atoms with van der Waals surface area (Å²) in [6.45, 7) is 0.538. The van der Waals surface area contributed by atoms with Gasteiger partial charge in [-0.1, -0.05) is 11.6 Å². The van der Waals surface area contributed by atoms with E-state index in [-0.39, 0.29) is 6.03 Å². The highest BCUT2D eigenvalue weighted by Crippen LogP contribution is 2.22. The molecule has 0 unspecified atom stereocenters. The van der Waals surface area contributed by atoms with Crippen molar-refractivity contribution in [2.45, 2.75) is 6.42 Å². The topological polar surface area (TPSA) is 50.4 Å². The van der Waals surface area contributed by atoms with Crippen molar-refractivity contribution in [3.8, 4) is 5.75 Å². The van der Waals surface area contributed by atoms with E-state index in [1.54, 1.807) is 20.2 Å². The van der Waals surface area contributed by atoms with Crippen molar-refractivity contribution in [2.75, 3.05) is 20.7 Å². The van der Waals surface area contributed by atoms with Crippen molar-refractivity contribution in [2.24, 2.45) is 0 Å². The standard InChI is InChI=1S/C11H15ClN2O2/c1-13-11(15)14-6-5-8-7-9(12)3-4-10(8)16-2/h3-4,7H,5-6H2,1-2H3,(H2,13,14,15). The van der Waals surface area contributed by atoms with Gasteiger partial charge in [-0.3, -0.25) is 0 Å². The van der Waals surface area contributed by atoms with Crippen molar-refractivity contribution in [3.63, 3.8) is 0 Å². The van der Waals surface area contributed by atoms with Crippen LogP contribution in [0.3, 0.4) is 0 Å². The largest absolute Gasteiger partial charge is 0.496 e. The molecule has 0 saturated heterocycles. The van der Waals surface area contributed by atoms with Crippen molar-refractivity contribution in [3.05, 3.63) is 28.8 Å². The number of nitrogens with one attached hydrogen (secondary N) is 2. The van der Waals surface area contributed by atoms with Crippen LogP contribution in [0.4, 0.5) is 4.79 Å². The Hall–Kier alpha value is -1.42. The molecule has 1 rings (SSSR count). The van der Waals surface area contributed by atoms with Gasteiger partial charge in [0.25, 0.3) is 0 Å². The van der Waals surface area contributed by atoms with Gasteiger partial charge in [-0.15, -0.1) is 0 Å². The van der Waals surface area contributed by atoms with Gasteiger partial charge in [-0.25, -0.2) is 4.79 Å². The highest BCUT2D eigenvalue weighted by Gasteiger charge is 2.04. The van der Waals surface area contributed by atoms with E-state index < -0.39 is 0 Å². The van der Waals surface area contributed by atoms with Crippen LogP contribution < -0.4 is 15.4 Å². The Morgan fingerprint density at radius 1 is 1.50 bits per heavy atom. The lowest BCUT2D eigenvalue weighted by atomic mass is 10.1. The Labute approximate surface area is 99.9 Å². The van der Waals surface area contributed by atoms with Crippen molar-refractivity contribution >= 4 is 17.6 Å². The minimum absolute atomic E-state index is 0.194. The molecule has 2 N–H and O–H groups in total. The zero-order valence-corrected chi connectivity index (χ0v) is 10.1. The molecular weight excluding hydrogens is 228 g/mol. The molecule has 0 aromatic heterocycles. The number of hydrogen-bond acceptors (Lipinski definition) is 2. The molecule has 0 fully saturated rings. The van der Waals surface area contributed by atoms with Crippen LogP contribution in [0, 0.1) is 0 Å². The number of carbonyl (C=O) groups is 1. The fraction of sp³-hybridized carbons (Fsp3) is 0.364. The number of amides is 2. The lowest BCUT2D eigenvalue weighted by Gasteiger charge is -2.09. The third-order valence-corrected chi connectivity index (χ3v) is 2.38. The summed E-state index contributed by atoms with van der Waals surface area (Å²) in [4.78, 5) is 10.9. The fourth-order valence-corrected chi connectivity index (χ4v) is 1.54. The van der Waals surface area contributed by atoms with Crippen LogP contribution in [0.5, 0.6) is 5.75 Å². The summed E-state index contributed by atoms with van der Waals surface area (Å²) in [5.74, 6) is 0.781. The number of methoxy groups -OCH3 is 1. The first-order chi connectivity index (χ1) is 7.67. The Morgan fingerprint density at radius 2 is 2.25 bits per heavy atom. The minimum atomic E-state index is -0.194. The molecule has 0 aliphatic heterocycles. The summed E-state index contributed by atoms with van der Waals surface area (Å²) >= 11 is 5.89. The lowest BCUT2D eigenvalue weighted by Crippen LogP contribution is -2.34. The molecular formula is C11H15ClN2O2. The predicted molar refractivity (Wildman–Crippen MR) is 64.2 cm³/mol. The molecule has 0 radical (unpaired) electrons. The second-order valence-corrected chi connectivity index (χ2v) is 3.65. The monoisotopic (exact) mass is 242 g/mol. The number of hydrogen-bond donors (Lipinski definition) is 2. The molecule has 0 bridgehead atoms. The average Bonchev–Trinajstić information content (AvgIpc) is 2.29. The number of rotatable bonds is 4. The van der Waals surface area contributed by atoms with Crippen LogP contribution in [0.2, 0.25) is 5.02 Å². The molecule has 16 heavy (non-hydrogen) atoms. The van der Waals surface area contributed by atoms with Crippen LogP contribution >= 0.6 is 11.6 Å². The van der Waals surface area contributed by atoms with Crippen LogP contribution in [-0.2, 0) is 6.42 Å². The summed E-state index contributed by atoms with van der Waals surface area (Å²) in [6.07, 6.45) is 0.678. The molecule has 4 nitrogen and oxygen atoms in total. The van der Waals surface area contributed by atoms with Gasteiger partial charge < -0.3 is 15.4 Å². The van der Waals surface area contributed by atoms with Crippen LogP contribution in [-0.4, -0.2) is 26.7 Å². The highest BCUT2D eigenvalue weighted by atomic mass is 35.5. The summed E-state index contributed by atoms with van der Waals surface area (Å²) in [5, 5.41) is 5.85. The molecule has 1 aromatic rings. The molecule has 5 heteroatoms. The summed E-state index contributed by atoms with van der Waals surface area (Å²) in [5.41, 5.74) is 0.978. The molecule has 0 atom stereocenters. The van der Waals surface area contributed by atoms with Crippen LogP contribution in [0.25, 0.3) is 0 Å². The van der Waals surface area contributed by atoms with Gasteiger partial charge >= 0.3 is 6.03 Å². The van der Waals surface area contributed by atoms with E-state index in [4.69, 9.17) is 16.3 Å². The lowest BCUT2D eigenvalue weighted by molar-refractivity contribution is 0.243. The maximum atomic E-state index is 10.9. The van der Waals surface area contributed by atoms with E-state index in [2.05, 4.69) is 10.6 Å². The zero-order valence-electron chi connectivity index (χ0n) is 9.34. The van der Waals surface area contributed by atoms with Gasteiger partial charge in [0.05, 0.1) is 7.11 Å². The Balaban J connectivity index is 2.58. The van der Waals surface area contributed by atoms with Gasteiger partial charge in [-0.05, 0) is 30.2 Å². The van der Waals surface area contributed by atoms with Crippen molar-refractivity contribution < 1.29 is 9.53 Å². The van der Waals surface area contributed by atoms with E-state index >= 15 is 0 Å². The maximum Gasteiger partial charge on any atom is 0.314 e. The van der Waals surface area contributed by atoms with Gasteiger partial charge in [0, 0.05) is 18.6 Å². The van der Waals surface area contributed by atoms with Crippen molar-refractivity contribution in [1.82, 2.24) is 10.6 Å². The Kier molecular flexibility index (Phi) is 4.92. The summed E-state index contributed by atoms with van der Waals surface area (Å²) in [6, 6.07) is 5.24. The van der Waals surface area contributed by atoms with Gasteiger partial charge in [0.2, 0.25) is 0 Å². The Morgan fingerprint density at radius 3 is 2.88 bits per heavy atom. The van der Waals surface area contributed by atoms with E-state index in [1.165, 1.54) is 0 Å². The molecule has 0 spiro atoms. The molecule has 2 amide bonds. The molecule has 0 heterocycles. The number of ether oxygens (including phenoxy) is 1. The average molecular weight is 243 g/mol. The number of carbonyl (C=O) groups excluding carboxylic acids is 1. The number of urea groups is 1. The molecule has 0 aliphatic rings. The smallest absolute Gasteiger partial charge is 0.314 e. The number of benzene rings is 1. The zero-order chi connectivity index (χ0) is 12.0. The fourth-order valence-electron chi connectivity index (χ4n) is 1.34. The molecule has 1 aromatic carbocycles. The molecule has 88 valence electrons. The summed E-state index contributed by atoms with van der Waals surface area (Å²) < 4.78 is 5.20. The third-order valence-electron chi connectivity index (χ3n) is 2.15. The van der Waals surface area contributed by atoms with Crippen molar-refractivity contribution in [1.29, 1.82) is 0 Å². The number of halogens is 1. The van der Waals surface area contributed by atoms with E-state index in [0.29, 0.717) is 18.0 Å². The van der Waals surface area contributed by atoms with E-state index in [0.717, 1.165) is 11.3 Å². The van der Waals surface area contributed by atoms with Gasteiger partial charge in [0.1, 0.15) is 5.75 Å². The van der Waals surface area contributed by atoms with E-state index in [1.807, 2.05) is 12.1 Å². The normalized spacial score (nSPS) is 9.69. The SMILES string of the molecule is CNC(=O)NCCc1cc(Cl)ccc1OC. The van der Waals surface area contributed by atoms with Gasteiger partial charge in [-0.2, -0.15) is 0 Å². The first kappa shape index (κ1) is 12.6. The second-order valence-electron chi connectivity index (χ2n) is 3.21. The quantitative estimate of drug-likeness (QED) is 0.846. The maximum absolute atomic E-state index is 10.9. The van der Waals surface area contributed by atoms with E-state index in [9.17, 15) is 4.79 Å². The predicted octanol–water partition coefficient (Wildman–Crippen LogP) is 1.82. The second kappa shape index (κ2) is 6.23. The molecule has 0 aliphatic carbocycles. The highest BCUT2D eigenvalue weighted by molar-refractivity contribution is 6.30. The Bertz CT molecular complexity index is 369. The summed E-state index contributed by atoms with van der Waals surface area (Å²) in [7, 11) is 3.19.